The van der Waals surface area contributed by atoms with E-state index < -0.39 is 0 Å². The number of aryl methyl sites for hydroxylation is 1. The molecule has 0 spiro atoms. The highest BCUT2D eigenvalue weighted by atomic mass is 16.5. The molecule has 6 nitrogen and oxygen atoms in total. The number of anilines is 1. The van der Waals surface area contributed by atoms with Crippen molar-refractivity contribution >= 4 is 22.5 Å². The molecule has 45 heavy (non-hydrogen) atoms. The topological polar surface area (TPSA) is 49.7 Å². The molecular weight excluding hydrogens is 556 g/mol. The highest BCUT2D eigenvalue weighted by Crippen LogP contribution is 2.41. The molecule has 0 fully saturated rings. The number of nitrogens with zero attached hydrogens (tertiary/aromatic N) is 3. The second kappa shape index (κ2) is 15.1. The zero-order valence-electron chi connectivity index (χ0n) is 27.3. The first kappa shape index (κ1) is 32.0. The number of nitrogens with one attached hydrogen (secondary N) is 1. The lowest BCUT2D eigenvalue weighted by molar-refractivity contribution is 0.101. The van der Waals surface area contributed by atoms with Crippen molar-refractivity contribution in [3.63, 3.8) is 0 Å². The molecule has 234 valence electrons. The lowest BCUT2D eigenvalue weighted by Gasteiger charge is -2.22. The van der Waals surface area contributed by atoms with E-state index in [0.717, 1.165) is 65.0 Å². The van der Waals surface area contributed by atoms with Gasteiger partial charge in [-0.1, -0.05) is 86.1 Å². The summed E-state index contributed by atoms with van der Waals surface area (Å²) >= 11 is 0. The standard InChI is InChI=1S/C39H46N4O2/c1-6-12-29-17-21-32(22-18-29)40-39(44)38-37(34-15-10-11-16-35(34)43(38)26-25-41(2)3)36(30-13-8-7-9-14-30)31-19-23-33(24-20-31)45-28-27-42(4)5/h7-11,13-24,36H,6,12,25-28H2,1-5H3,(H,40,44). The van der Waals surface area contributed by atoms with Gasteiger partial charge in [-0.25, -0.2) is 0 Å². The van der Waals surface area contributed by atoms with Crippen molar-refractivity contribution < 1.29 is 9.53 Å². The van der Waals surface area contributed by atoms with Gasteiger partial charge in [0.2, 0.25) is 0 Å². The van der Waals surface area contributed by atoms with Crippen molar-refractivity contribution in [1.82, 2.24) is 14.4 Å². The van der Waals surface area contributed by atoms with Crippen LogP contribution in [0.15, 0.2) is 103 Å². The Labute approximate surface area is 268 Å². The number of likely N-dealkylation sites (N-methyl/N-ethyl adjacent to an activating group) is 2. The summed E-state index contributed by atoms with van der Waals surface area (Å²) < 4.78 is 8.24. The van der Waals surface area contributed by atoms with Crippen LogP contribution in [0.25, 0.3) is 10.9 Å². The molecule has 1 unspecified atom stereocenters. The van der Waals surface area contributed by atoms with Crippen molar-refractivity contribution in [2.24, 2.45) is 0 Å². The Bertz CT molecular complexity index is 1670. The van der Waals surface area contributed by atoms with E-state index in [9.17, 15) is 4.79 Å². The number of carbonyl (C=O) groups is 1. The van der Waals surface area contributed by atoms with Crippen LogP contribution in [-0.4, -0.2) is 68.2 Å². The Balaban J connectivity index is 1.65. The van der Waals surface area contributed by atoms with Gasteiger partial charge >= 0.3 is 0 Å². The number of fused-ring (bicyclic) bond motifs is 1. The first-order chi connectivity index (χ1) is 21.9. The minimum Gasteiger partial charge on any atom is -0.492 e. The molecule has 5 aromatic rings. The molecule has 0 aliphatic carbocycles. The van der Waals surface area contributed by atoms with Crippen molar-refractivity contribution in [2.45, 2.75) is 32.2 Å². The van der Waals surface area contributed by atoms with Gasteiger partial charge < -0.3 is 24.4 Å². The lowest BCUT2D eigenvalue weighted by Crippen LogP contribution is -2.24. The minimum absolute atomic E-state index is 0.104. The van der Waals surface area contributed by atoms with Crippen LogP contribution in [0.4, 0.5) is 5.69 Å². The maximum Gasteiger partial charge on any atom is 0.272 e. The average Bonchev–Trinajstić information content (AvgIpc) is 3.36. The van der Waals surface area contributed by atoms with E-state index in [4.69, 9.17) is 4.74 Å². The predicted octanol–water partition coefficient (Wildman–Crippen LogP) is 7.53. The third kappa shape index (κ3) is 7.83. The number of hydrogen-bond donors (Lipinski definition) is 1. The van der Waals surface area contributed by atoms with Crippen LogP contribution in [0.1, 0.15) is 52.0 Å². The fourth-order valence-corrected chi connectivity index (χ4v) is 5.91. The molecule has 5 rings (SSSR count). The van der Waals surface area contributed by atoms with E-state index in [2.05, 4.69) is 113 Å². The Morgan fingerprint density at radius 1 is 0.778 bits per heavy atom. The van der Waals surface area contributed by atoms with Crippen molar-refractivity contribution in [1.29, 1.82) is 0 Å². The van der Waals surface area contributed by atoms with Gasteiger partial charge in [0, 0.05) is 47.7 Å². The highest BCUT2D eigenvalue weighted by Gasteiger charge is 2.30. The Hall–Kier alpha value is -4.39. The fraction of sp³-hybridized carbons (Fsp3) is 0.308. The first-order valence-corrected chi connectivity index (χ1v) is 15.9. The van der Waals surface area contributed by atoms with Gasteiger partial charge in [0.1, 0.15) is 18.1 Å². The third-order valence-electron chi connectivity index (χ3n) is 8.19. The monoisotopic (exact) mass is 602 g/mol. The minimum atomic E-state index is -0.166. The van der Waals surface area contributed by atoms with Gasteiger partial charge in [-0.2, -0.15) is 0 Å². The van der Waals surface area contributed by atoms with Crippen molar-refractivity contribution in [3.8, 4) is 5.75 Å². The molecule has 0 aliphatic heterocycles. The Morgan fingerprint density at radius 2 is 1.42 bits per heavy atom. The van der Waals surface area contributed by atoms with E-state index in [1.165, 1.54) is 5.56 Å². The largest absolute Gasteiger partial charge is 0.492 e. The Morgan fingerprint density at radius 3 is 2.09 bits per heavy atom. The molecule has 1 heterocycles. The van der Waals surface area contributed by atoms with E-state index in [1.54, 1.807) is 0 Å². The summed E-state index contributed by atoms with van der Waals surface area (Å²) in [5.41, 5.74) is 7.07. The number of amides is 1. The summed E-state index contributed by atoms with van der Waals surface area (Å²) in [4.78, 5) is 18.8. The maximum atomic E-state index is 14.5. The summed E-state index contributed by atoms with van der Waals surface area (Å²) in [5.74, 6) is 0.568. The smallest absolute Gasteiger partial charge is 0.272 e. The van der Waals surface area contributed by atoms with Crippen LogP contribution in [0.5, 0.6) is 5.75 Å². The summed E-state index contributed by atoms with van der Waals surface area (Å²) in [6.07, 6.45) is 2.11. The zero-order chi connectivity index (χ0) is 31.8. The van der Waals surface area contributed by atoms with Gasteiger partial charge in [0.15, 0.2) is 0 Å². The van der Waals surface area contributed by atoms with Crippen LogP contribution in [0, 0.1) is 0 Å². The van der Waals surface area contributed by atoms with Crippen LogP contribution in [-0.2, 0) is 13.0 Å². The number of benzene rings is 4. The summed E-state index contributed by atoms with van der Waals surface area (Å²) in [6, 6.07) is 35.5. The summed E-state index contributed by atoms with van der Waals surface area (Å²) in [5, 5.41) is 4.34. The molecule has 0 radical (unpaired) electrons. The van der Waals surface area contributed by atoms with Crippen LogP contribution in [0.2, 0.25) is 0 Å². The molecule has 0 saturated carbocycles. The van der Waals surface area contributed by atoms with Gasteiger partial charge in [0.05, 0.1) is 0 Å². The number of carbonyl (C=O) groups excluding carboxylic acids is 1. The number of para-hydroxylation sites is 1. The summed E-state index contributed by atoms with van der Waals surface area (Å²) in [7, 11) is 8.22. The first-order valence-electron chi connectivity index (χ1n) is 15.9. The molecule has 1 atom stereocenters. The maximum absolute atomic E-state index is 14.5. The van der Waals surface area contributed by atoms with E-state index >= 15 is 0 Å². The lowest BCUT2D eigenvalue weighted by atomic mass is 9.83. The molecule has 6 heteroatoms. The molecule has 0 saturated heterocycles. The molecule has 1 aromatic heterocycles. The molecule has 0 bridgehead atoms. The number of aromatic nitrogens is 1. The normalized spacial score (nSPS) is 12.2. The molecule has 1 amide bonds. The van der Waals surface area contributed by atoms with Crippen molar-refractivity contribution in [2.75, 3.05) is 53.2 Å². The van der Waals surface area contributed by atoms with Crippen LogP contribution >= 0.6 is 0 Å². The van der Waals surface area contributed by atoms with Gasteiger partial charge in [-0.15, -0.1) is 0 Å². The quantitative estimate of drug-likeness (QED) is 0.143. The molecule has 0 aliphatic rings. The van der Waals surface area contributed by atoms with Crippen LogP contribution < -0.4 is 10.1 Å². The zero-order valence-corrected chi connectivity index (χ0v) is 27.3. The van der Waals surface area contributed by atoms with E-state index in [-0.39, 0.29) is 11.8 Å². The van der Waals surface area contributed by atoms with Crippen molar-refractivity contribution in [3.05, 3.63) is 131 Å². The number of ether oxygens (including phenoxy) is 1. The van der Waals surface area contributed by atoms with Gasteiger partial charge in [0.25, 0.3) is 5.91 Å². The van der Waals surface area contributed by atoms with Gasteiger partial charge in [-0.05, 0) is 81.6 Å². The average molecular weight is 603 g/mol. The number of rotatable bonds is 14. The molecular formula is C39H46N4O2. The van der Waals surface area contributed by atoms with E-state index in [0.29, 0.717) is 18.8 Å². The summed E-state index contributed by atoms with van der Waals surface area (Å²) in [6.45, 7) is 5.14. The second-order valence-corrected chi connectivity index (χ2v) is 12.2. The second-order valence-electron chi connectivity index (χ2n) is 12.2. The third-order valence-corrected chi connectivity index (χ3v) is 8.19. The van der Waals surface area contributed by atoms with E-state index in [1.807, 2.05) is 44.4 Å². The number of hydrogen-bond acceptors (Lipinski definition) is 4. The van der Waals surface area contributed by atoms with Crippen LogP contribution in [0.3, 0.4) is 0 Å². The molecule has 1 N–H and O–H groups in total. The van der Waals surface area contributed by atoms with Gasteiger partial charge in [-0.3, -0.25) is 4.79 Å². The SMILES string of the molecule is CCCc1ccc(NC(=O)c2c(C(c3ccccc3)c3ccc(OCCN(C)C)cc3)c3ccccc3n2CCN(C)C)cc1. The predicted molar refractivity (Wildman–Crippen MR) is 187 cm³/mol. The molecule has 4 aromatic carbocycles. The Kier molecular flexibility index (Phi) is 10.7. The fourth-order valence-electron chi connectivity index (χ4n) is 5.91. The highest BCUT2D eigenvalue weighted by molar-refractivity contribution is 6.09.